The average Bonchev–Trinajstić information content (AvgIpc) is 2.18. The van der Waals surface area contributed by atoms with Crippen molar-refractivity contribution >= 4 is 26.7 Å². The topological polar surface area (TPSA) is 36.7 Å². The minimum absolute atomic E-state index is 0.603. The van der Waals surface area contributed by atoms with Crippen molar-refractivity contribution in [2.45, 2.75) is 6.92 Å². The monoisotopic (exact) mass is 246 g/mol. The van der Waals surface area contributed by atoms with Crippen LogP contribution in [-0.4, -0.2) is 4.98 Å². The highest BCUT2D eigenvalue weighted by atomic mass is 79.9. The van der Waals surface area contributed by atoms with E-state index in [1.54, 1.807) is 0 Å². The fourth-order valence-electron chi connectivity index (χ4n) is 1.50. The average molecular weight is 247 g/mol. The molecule has 0 atom stereocenters. The van der Waals surface area contributed by atoms with Crippen LogP contribution in [0.4, 0.5) is 0 Å². The van der Waals surface area contributed by atoms with E-state index in [4.69, 9.17) is 5.26 Å². The van der Waals surface area contributed by atoms with Gasteiger partial charge in [0.15, 0.2) is 0 Å². The fourth-order valence-corrected chi connectivity index (χ4v) is 2.07. The van der Waals surface area contributed by atoms with Gasteiger partial charge in [-0.1, -0.05) is 24.3 Å². The molecule has 1 aromatic heterocycles. The summed E-state index contributed by atoms with van der Waals surface area (Å²) in [6.07, 6.45) is 0. The second-order valence-electron chi connectivity index (χ2n) is 3.02. The number of hydrogen-bond acceptors (Lipinski definition) is 2. The highest BCUT2D eigenvalue weighted by Crippen LogP contribution is 2.25. The van der Waals surface area contributed by atoms with Crippen molar-refractivity contribution in [3.8, 4) is 6.07 Å². The molecule has 2 rings (SSSR count). The zero-order valence-electron chi connectivity index (χ0n) is 7.58. The van der Waals surface area contributed by atoms with Crippen molar-refractivity contribution in [1.82, 2.24) is 4.98 Å². The minimum atomic E-state index is 0.603. The van der Waals surface area contributed by atoms with Crippen LogP contribution in [0.1, 0.15) is 11.3 Å². The Morgan fingerprint density at radius 2 is 1.93 bits per heavy atom. The summed E-state index contributed by atoms with van der Waals surface area (Å²) in [7, 11) is 0. The Labute approximate surface area is 90.3 Å². The molecule has 3 heteroatoms. The first-order chi connectivity index (χ1) is 6.74. The Hall–Kier alpha value is -1.40. The second-order valence-corrected chi connectivity index (χ2v) is 3.77. The molecule has 2 aromatic rings. The molecule has 0 aliphatic heterocycles. The molecule has 0 spiro atoms. The SMILES string of the molecule is Cc1nc(Br)c(C#N)c2ccccc12. The van der Waals surface area contributed by atoms with Crippen LogP contribution >= 0.6 is 15.9 Å². The van der Waals surface area contributed by atoms with E-state index < -0.39 is 0 Å². The summed E-state index contributed by atoms with van der Waals surface area (Å²) < 4.78 is 0.621. The Morgan fingerprint density at radius 1 is 1.29 bits per heavy atom. The van der Waals surface area contributed by atoms with Crippen molar-refractivity contribution in [2.24, 2.45) is 0 Å². The number of nitriles is 1. The summed E-state index contributed by atoms with van der Waals surface area (Å²) >= 11 is 3.29. The van der Waals surface area contributed by atoms with E-state index in [0.717, 1.165) is 16.5 Å². The van der Waals surface area contributed by atoms with Crippen LogP contribution < -0.4 is 0 Å². The largest absolute Gasteiger partial charge is 0.244 e. The molecule has 0 amide bonds. The van der Waals surface area contributed by atoms with Gasteiger partial charge in [-0.05, 0) is 22.9 Å². The number of nitrogens with zero attached hydrogens (tertiary/aromatic N) is 2. The lowest BCUT2D eigenvalue weighted by atomic mass is 10.1. The summed E-state index contributed by atoms with van der Waals surface area (Å²) in [5, 5.41) is 11.0. The number of fused-ring (bicyclic) bond motifs is 1. The first-order valence-electron chi connectivity index (χ1n) is 4.19. The van der Waals surface area contributed by atoms with Crippen LogP contribution in [0.5, 0.6) is 0 Å². The Bertz CT molecular complexity index is 541. The molecule has 0 fully saturated rings. The third-order valence-electron chi connectivity index (χ3n) is 2.17. The molecular weight excluding hydrogens is 240 g/mol. The van der Waals surface area contributed by atoms with Crippen LogP contribution in [0.25, 0.3) is 10.8 Å². The van der Waals surface area contributed by atoms with Crippen LogP contribution in [-0.2, 0) is 0 Å². The van der Waals surface area contributed by atoms with Gasteiger partial charge in [-0.15, -0.1) is 0 Å². The quantitative estimate of drug-likeness (QED) is 0.670. The summed E-state index contributed by atoms with van der Waals surface area (Å²) in [6, 6.07) is 9.95. The standard InChI is InChI=1S/C11H7BrN2/c1-7-8-4-2-3-5-9(8)10(6-13)11(12)14-7/h2-5H,1H3. The molecule has 0 bridgehead atoms. The van der Waals surface area contributed by atoms with E-state index >= 15 is 0 Å². The molecule has 0 aliphatic rings. The number of hydrogen-bond donors (Lipinski definition) is 0. The number of benzene rings is 1. The highest BCUT2D eigenvalue weighted by Gasteiger charge is 2.08. The van der Waals surface area contributed by atoms with E-state index in [1.165, 1.54) is 0 Å². The summed E-state index contributed by atoms with van der Waals surface area (Å²) in [5.41, 5.74) is 1.54. The molecule has 0 unspecified atom stereocenters. The Balaban J connectivity index is 3.00. The Morgan fingerprint density at radius 3 is 2.57 bits per heavy atom. The number of aryl methyl sites for hydroxylation is 1. The van der Waals surface area contributed by atoms with E-state index in [2.05, 4.69) is 27.0 Å². The van der Waals surface area contributed by atoms with Crippen LogP contribution in [0.3, 0.4) is 0 Å². The van der Waals surface area contributed by atoms with Crippen molar-refractivity contribution in [3.63, 3.8) is 0 Å². The summed E-state index contributed by atoms with van der Waals surface area (Å²) in [5.74, 6) is 0. The number of halogens is 1. The van der Waals surface area contributed by atoms with Crippen molar-refractivity contribution in [1.29, 1.82) is 5.26 Å². The van der Waals surface area contributed by atoms with Crippen LogP contribution in [0.2, 0.25) is 0 Å². The lowest BCUT2D eigenvalue weighted by molar-refractivity contribution is 1.19. The van der Waals surface area contributed by atoms with Crippen LogP contribution in [0, 0.1) is 18.3 Å². The van der Waals surface area contributed by atoms with Crippen molar-refractivity contribution < 1.29 is 0 Å². The normalized spacial score (nSPS) is 10.1. The maximum absolute atomic E-state index is 8.99. The van der Waals surface area contributed by atoms with Gasteiger partial charge in [0.05, 0.1) is 5.56 Å². The van der Waals surface area contributed by atoms with E-state index in [9.17, 15) is 0 Å². The first kappa shape index (κ1) is 9.17. The predicted octanol–water partition coefficient (Wildman–Crippen LogP) is 3.18. The first-order valence-corrected chi connectivity index (χ1v) is 4.98. The Kier molecular flexibility index (Phi) is 2.22. The van der Waals surface area contributed by atoms with Gasteiger partial charge in [0.2, 0.25) is 0 Å². The molecule has 14 heavy (non-hydrogen) atoms. The van der Waals surface area contributed by atoms with Gasteiger partial charge >= 0.3 is 0 Å². The minimum Gasteiger partial charge on any atom is -0.244 e. The molecule has 0 saturated heterocycles. The fraction of sp³-hybridized carbons (Fsp3) is 0.0909. The van der Waals surface area contributed by atoms with Crippen molar-refractivity contribution in [2.75, 3.05) is 0 Å². The van der Waals surface area contributed by atoms with Gasteiger partial charge in [0.1, 0.15) is 10.7 Å². The van der Waals surface area contributed by atoms with Gasteiger partial charge in [-0.3, -0.25) is 0 Å². The molecule has 68 valence electrons. The maximum atomic E-state index is 8.99. The van der Waals surface area contributed by atoms with E-state index in [1.807, 2.05) is 31.2 Å². The lowest BCUT2D eigenvalue weighted by Crippen LogP contribution is -1.90. The third kappa shape index (κ3) is 1.28. The van der Waals surface area contributed by atoms with Gasteiger partial charge in [-0.25, -0.2) is 4.98 Å². The number of rotatable bonds is 0. The molecule has 0 radical (unpaired) electrons. The molecule has 0 N–H and O–H groups in total. The second kappa shape index (κ2) is 3.39. The zero-order valence-corrected chi connectivity index (χ0v) is 9.17. The van der Waals surface area contributed by atoms with Crippen molar-refractivity contribution in [3.05, 3.63) is 40.1 Å². The van der Waals surface area contributed by atoms with E-state index in [0.29, 0.717) is 10.2 Å². The number of pyridine rings is 1. The van der Waals surface area contributed by atoms with Gasteiger partial charge in [0, 0.05) is 16.5 Å². The van der Waals surface area contributed by atoms with Crippen LogP contribution in [0.15, 0.2) is 28.9 Å². The summed E-state index contributed by atoms with van der Waals surface area (Å²) in [4.78, 5) is 4.27. The maximum Gasteiger partial charge on any atom is 0.124 e. The molecular formula is C11H7BrN2. The third-order valence-corrected chi connectivity index (χ3v) is 2.74. The van der Waals surface area contributed by atoms with Gasteiger partial charge in [0.25, 0.3) is 0 Å². The highest BCUT2D eigenvalue weighted by molar-refractivity contribution is 9.10. The number of aromatic nitrogens is 1. The zero-order chi connectivity index (χ0) is 10.1. The van der Waals surface area contributed by atoms with E-state index in [-0.39, 0.29) is 0 Å². The molecule has 1 heterocycles. The smallest absolute Gasteiger partial charge is 0.124 e. The molecule has 1 aromatic carbocycles. The summed E-state index contributed by atoms with van der Waals surface area (Å²) in [6.45, 7) is 1.94. The molecule has 0 saturated carbocycles. The van der Waals surface area contributed by atoms with Gasteiger partial charge < -0.3 is 0 Å². The lowest BCUT2D eigenvalue weighted by Gasteiger charge is -2.04. The molecule has 0 aliphatic carbocycles. The predicted molar refractivity (Wildman–Crippen MR) is 58.9 cm³/mol. The van der Waals surface area contributed by atoms with Gasteiger partial charge in [-0.2, -0.15) is 5.26 Å². The molecule has 2 nitrogen and oxygen atoms in total.